The largest absolute Gasteiger partial charge is 0.383 e. The first-order chi connectivity index (χ1) is 7.43. The summed E-state index contributed by atoms with van der Waals surface area (Å²) in [6, 6.07) is 0. The van der Waals surface area contributed by atoms with Crippen LogP contribution in [0.15, 0.2) is 0 Å². The third-order valence-corrected chi connectivity index (χ3v) is 3.04. The summed E-state index contributed by atoms with van der Waals surface area (Å²) in [4.78, 5) is 2.60. The molecule has 0 aliphatic carbocycles. The molecule has 1 aliphatic heterocycles. The first-order valence-electron chi connectivity index (χ1n) is 6.35. The second-order valence-electron chi connectivity index (χ2n) is 4.35. The molecule has 0 aromatic carbocycles. The molecule has 3 heteroatoms. The molecule has 1 N–H and O–H groups in total. The maximum Gasteiger partial charge on any atom is 0.0587 e. The minimum atomic E-state index is 0.819. The average molecular weight is 214 g/mol. The van der Waals surface area contributed by atoms with Crippen LogP contribution in [0.5, 0.6) is 0 Å². The Morgan fingerprint density at radius 3 is 2.33 bits per heavy atom. The fourth-order valence-electron chi connectivity index (χ4n) is 2.07. The molecule has 0 spiro atoms. The van der Waals surface area contributed by atoms with Crippen molar-refractivity contribution >= 4 is 0 Å². The predicted molar refractivity (Wildman–Crippen MR) is 64.3 cm³/mol. The molecule has 1 fully saturated rings. The fraction of sp³-hybridized carbons (Fsp3) is 1.00. The van der Waals surface area contributed by atoms with E-state index in [2.05, 4.69) is 10.2 Å². The SMILES string of the molecule is COCCNCCN1CCCCCCC1. The van der Waals surface area contributed by atoms with Crippen LogP contribution in [0.1, 0.15) is 32.1 Å². The van der Waals surface area contributed by atoms with Crippen molar-refractivity contribution in [3.05, 3.63) is 0 Å². The van der Waals surface area contributed by atoms with Crippen molar-refractivity contribution in [3.8, 4) is 0 Å². The number of rotatable bonds is 6. The van der Waals surface area contributed by atoms with Crippen molar-refractivity contribution in [2.45, 2.75) is 32.1 Å². The lowest BCUT2D eigenvalue weighted by Crippen LogP contribution is -2.35. The van der Waals surface area contributed by atoms with Gasteiger partial charge in [-0.2, -0.15) is 0 Å². The quantitative estimate of drug-likeness (QED) is 0.678. The van der Waals surface area contributed by atoms with E-state index in [1.807, 2.05) is 0 Å². The van der Waals surface area contributed by atoms with Crippen LogP contribution in [-0.4, -0.2) is 51.3 Å². The molecule has 0 radical (unpaired) electrons. The van der Waals surface area contributed by atoms with Gasteiger partial charge in [-0.3, -0.25) is 0 Å². The molecule has 0 amide bonds. The lowest BCUT2D eigenvalue weighted by Gasteiger charge is -2.24. The zero-order valence-electron chi connectivity index (χ0n) is 10.1. The Morgan fingerprint density at radius 1 is 1.00 bits per heavy atom. The van der Waals surface area contributed by atoms with E-state index >= 15 is 0 Å². The second kappa shape index (κ2) is 9.13. The number of nitrogens with one attached hydrogen (secondary N) is 1. The molecule has 0 bridgehead atoms. The summed E-state index contributed by atoms with van der Waals surface area (Å²) in [6.07, 6.45) is 7.07. The summed E-state index contributed by atoms with van der Waals surface area (Å²) in [5.41, 5.74) is 0. The van der Waals surface area contributed by atoms with Crippen molar-refractivity contribution in [3.63, 3.8) is 0 Å². The highest BCUT2D eigenvalue weighted by molar-refractivity contribution is 4.63. The van der Waals surface area contributed by atoms with Crippen molar-refractivity contribution in [1.82, 2.24) is 10.2 Å². The molecule has 0 atom stereocenters. The summed E-state index contributed by atoms with van der Waals surface area (Å²) in [6.45, 7) is 6.69. The summed E-state index contributed by atoms with van der Waals surface area (Å²) < 4.78 is 4.99. The van der Waals surface area contributed by atoms with E-state index in [0.29, 0.717) is 0 Å². The van der Waals surface area contributed by atoms with Crippen molar-refractivity contribution < 1.29 is 4.74 Å². The number of ether oxygens (including phenoxy) is 1. The number of methoxy groups -OCH3 is 1. The van der Waals surface area contributed by atoms with Crippen LogP contribution in [-0.2, 0) is 4.74 Å². The van der Waals surface area contributed by atoms with Gasteiger partial charge in [0.25, 0.3) is 0 Å². The maximum atomic E-state index is 4.99. The first-order valence-corrected chi connectivity index (χ1v) is 6.35. The lowest BCUT2D eigenvalue weighted by atomic mass is 10.1. The highest BCUT2D eigenvalue weighted by Gasteiger charge is 2.06. The normalized spacial score (nSPS) is 19.8. The van der Waals surface area contributed by atoms with Crippen LogP contribution in [0.25, 0.3) is 0 Å². The van der Waals surface area contributed by atoms with Gasteiger partial charge >= 0.3 is 0 Å². The Bertz CT molecular complexity index is 134. The van der Waals surface area contributed by atoms with E-state index in [-0.39, 0.29) is 0 Å². The molecule has 0 unspecified atom stereocenters. The van der Waals surface area contributed by atoms with E-state index in [1.165, 1.54) is 51.7 Å². The van der Waals surface area contributed by atoms with Gasteiger partial charge in [0.15, 0.2) is 0 Å². The highest BCUT2D eigenvalue weighted by Crippen LogP contribution is 2.09. The third kappa shape index (κ3) is 6.88. The van der Waals surface area contributed by atoms with E-state index in [9.17, 15) is 0 Å². The van der Waals surface area contributed by atoms with Crippen molar-refractivity contribution in [2.24, 2.45) is 0 Å². The van der Waals surface area contributed by atoms with Gasteiger partial charge in [0.05, 0.1) is 6.61 Å². The number of likely N-dealkylation sites (tertiary alicyclic amines) is 1. The zero-order chi connectivity index (χ0) is 10.8. The van der Waals surface area contributed by atoms with Crippen LogP contribution >= 0.6 is 0 Å². The summed E-state index contributed by atoms with van der Waals surface area (Å²) >= 11 is 0. The molecular formula is C12H26N2O. The monoisotopic (exact) mass is 214 g/mol. The molecule has 1 aliphatic rings. The van der Waals surface area contributed by atoms with Crippen molar-refractivity contribution in [2.75, 3.05) is 46.4 Å². The van der Waals surface area contributed by atoms with E-state index in [1.54, 1.807) is 7.11 Å². The number of nitrogens with zero attached hydrogens (tertiary/aromatic N) is 1. The molecule has 15 heavy (non-hydrogen) atoms. The van der Waals surface area contributed by atoms with Gasteiger partial charge in [0.2, 0.25) is 0 Å². The van der Waals surface area contributed by atoms with Crippen LogP contribution in [0.2, 0.25) is 0 Å². The Balaban J connectivity index is 1.97. The number of hydrogen-bond acceptors (Lipinski definition) is 3. The smallest absolute Gasteiger partial charge is 0.0587 e. The highest BCUT2D eigenvalue weighted by atomic mass is 16.5. The fourth-order valence-corrected chi connectivity index (χ4v) is 2.07. The van der Waals surface area contributed by atoms with Gasteiger partial charge in [0, 0.05) is 26.7 Å². The Labute approximate surface area is 94.2 Å². The minimum Gasteiger partial charge on any atom is -0.383 e. The number of hydrogen-bond donors (Lipinski definition) is 1. The van der Waals surface area contributed by atoms with Gasteiger partial charge in [0.1, 0.15) is 0 Å². The van der Waals surface area contributed by atoms with Gasteiger partial charge in [-0.05, 0) is 25.9 Å². The Morgan fingerprint density at radius 2 is 1.67 bits per heavy atom. The molecule has 1 rings (SSSR count). The second-order valence-corrected chi connectivity index (χ2v) is 4.35. The Kier molecular flexibility index (Phi) is 7.88. The average Bonchev–Trinajstić information content (AvgIpc) is 2.20. The van der Waals surface area contributed by atoms with Crippen LogP contribution in [0.3, 0.4) is 0 Å². The van der Waals surface area contributed by atoms with Gasteiger partial charge in [-0.1, -0.05) is 19.3 Å². The third-order valence-electron chi connectivity index (χ3n) is 3.04. The van der Waals surface area contributed by atoms with Crippen LogP contribution in [0.4, 0.5) is 0 Å². The molecule has 0 aromatic heterocycles. The molecule has 0 saturated carbocycles. The van der Waals surface area contributed by atoms with Crippen LogP contribution in [0, 0.1) is 0 Å². The topological polar surface area (TPSA) is 24.5 Å². The van der Waals surface area contributed by atoms with Gasteiger partial charge in [-0.25, -0.2) is 0 Å². The lowest BCUT2D eigenvalue weighted by molar-refractivity contribution is 0.195. The minimum absolute atomic E-state index is 0.819. The zero-order valence-corrected chi connectivity index (χ0v) is 10.1. The van der Waals surface area contributed by atoms with Gasteiger partial charge < -0.3 is 15.0 Å². The summed E-state index contributed by atoms with van der Waals surface area (Å²) in [5.74, 6) is 0. The van der Waals surface area contributed by atoms with Crippen LogP contribution < -0.4 is 5.32 Å². The van der Waals surface area contributed by atoms with E-state index in [4.69, 9.17) is 4.74 Å². The summed E-state index contributed by atoms with van der Waals surface area (Å²) in [7, 11) is 1.75. The molecule has 3 nitrogen and oxygen atoms in total. The molecule has 0 aromatic rings. The van der Waals surface area contributed by atoms with Gasteiger partial charge in [-0.15, -0.1) is 0 Å². The Hall–Kier alpha value is -0.120. The standard InChI is InChI=1S/C12H26N2O/c1-15-12-8-13-7-11-14-9-5-3-2-4-6-10-14/h13H,2-12H2,1H3. The molecule has 1 heterocycles. The predicted octanol–water partition coefficient (Wildman–Crippen LogP) is 1.49. The molecular weight excluding hydrogens is 188 g/mol. The molecule has 1 saturated heterocycles. The van der Waals surface area contributed by atoms with E-state index < -0.39 is 0 Å². The maximum absolute atomic E-state index is 4.99. The first kappa shape index (κ1) is 12.9. The van der Waals surface area contributed by atoms with Crippen molar-refractivity contribution in [1.29, 1.82) is 0 Å². The van der Waals surface area contributed by atoms with E-state index in [0.717, 1.165) is 19.7 Å². The summed E-state index contributed by atoms with van der Waals surface area (Å²) in [5, 5.41) is 3.40. The molecule has 90 valence electrons.